The van der Waals surface area contributed by atoms with Gasteiger partial charge in [0.15, 0.2) is 12.9 Å². The Kier molecular flexibility index (Phi) is 7.70. The van der Waals surface area contributed by atoms with Crippen molar-refractivity contribution >= 4 is 18.4 Å². The second kappa shape index (κ2) is 8.51. The van der Waals surface area contributed by atoms with Crippen LogP contribution in [-0.4, -0.2) is 42.5 Å². The van der Waals surface area contributed by atoms with Gasteiger partial charge in [0.25, 0.3) is 0 Å². The van der Waals surface area contributed by atoms with Crippen LogP contribution in [0.5, 0.6) is 0 Å². The van der Waals surface area contributed by atoms with Crippen LogP contribution in [0.25, 0.3) is 0 Å². The first-order chi connectivity index (χ1) is 7.97. The van der Waals surface area contributed by atoms with Crippen molar-refractivity contribution in [2.75, 3.05) is 6.79 Å². The summed E-state index contributed by atoms with van der Waals surface area (Å²) in [5.41, 5.74) is 0. The summed E-state index contributed by atoms with van der Waals surface area (Å²) in [6.07, 6.45) is -1.75. The Hall–Kier alpha value is -1.63. The van der Waals surface area contributed by atoms with Crippen molar-refractivity contribution in [2.45, 2.75) is 38.9 Å². The Morgan fingerprint density at radius 2 is 2.00 bits per heavy atom. The van der Waals surface area contributed by atoms with Crippen LogP contribution in [0.3, 0.4) is 0 Å². The monoisotopic (exact) mass is 248 g/mol. The van der Waals surface area contributed by atoms with E-state index in [1.54, 1.807) is 13.8 Å². The van der Waals surface area contributed by atoms with E-state index in [0.29, 0.717) is 6.29 Å². The first-order valence-electron chi connectivity index (χ1n) is 5.08. The fourth-order valence-electron chi connectivity index (χ4n) is 0.888. The molecule has 17 heavy (non-hydrogen) atoms. The standard InChI is InChI=1S/C10H16O7/c1-7(2)17-10(14)16-6-15-8(9(12)13)4-3-5-11/h5,7-8H,3-4,6H2,1-2H3,(H,12,13). The summed E-state index contributed by atoms with van der Waals surface area (Å²) in [4.78, 5) is 31.6. The maximum Gasteiger partial charge on any atom is 0.510 e. The molecule has 1 N–H and O–H groups in total. The molecule has 7 heteroatoms. The highest BCUT2D eigenvalue weighted by Gasteiger charge is 2.18. The van der Waals surface area contributed by atoms with Gasteiger partial charge in [0, 0.05) is 6.42 Å². The molecular weight excluding hydrogens is 232 g/mol. The lowest BCUT2D eigenvalue weighted by Crippen LogP contribution is -2.26. The molecule has 0 radical (unpaired) electrons. The first-order valence-corrected chi connectivity index (χ1v) is 5.08. The summed E-state index contributed by atoms with van der Waals surface area (Å²) in [6.45, 7) is 2.76. The van der Waals surface area contributed by atoms with E-state index in [-0.39, 0.29) is 18.9 Å². The number of hydrogen-bond acceptors (Lipinski definition) is 6. The highest BCUT2D eigenvalue weighted by Crippen LogP contribution is 2.02. The quantitative estimate of drug-likeness (QED) is 0.388. The van der Waals surface area contributed by atoms with Crippen LogP contribution >= 0.6 is 0 Å². The van der Waals surface area contributed by atoms with Gasteiger partial charge in [-0.05, 0) is 20.3 Å². The van der Waals surface area contributed by atoms with Gasteiger partial charge in [-0.2, -0.15) is 0 Å². The normalized spacial score (nSPS) is 11.9. The number of ether oxygens (including phenoxy) is 3. The summed E-state index contributed by atoms with van der Waals surface area (Å²) < 4.78 is 13.9. The maximum atomic E-state index is 10.9. The van der Waals surface area contributed by atoms with Crippen LogP contribution in [0.1, 0.15) is 26.7 Å². The van der Waals surface area contributed by atoms with E-state index < -0.39 is 25.0 Å². The van der Waals surface area contributed by atoms with Crippen LogP contribution in [0.15, 0.2) is 0 Å². The van der Waals surface area contributed by atoms with Gasteiger partial charge in [-0.1, -0.05) is 0 Å². The maximum absolute atomic E-state index is 10.9. The summed E-state index contributed by atoms with van der Waals surface area (Å²) in [7, 11) is 0. The Balaban J connectivity index is 3.85. The summed E-state index contributed by atoms with van der Waals surface area (Å²) in [5.74, 6) is -1.22. The van der Waals surface area contributed by atoms with Crippen LogP contribution in [0, 0.1) is 0 Å². The minimum Gasteiger partial charge on any atom is -0.479 e. The SMILES string of the molecule is CC(C)OC(=O)OCOC(CCC=O)C(=O)O. The number of carboxylic acid groups (broad SMARTS) is 1. The van der Waals surface area contributed by atoms with Crippen molar-refractivity contribution in [3.8, 4) is 0 Å². The third-order valence-corrected chi connectivity index (χ3v) is 1.60. The Morgan fingerprint density at radius 1 is 1.35 bits per heavy atom. The van der Waals surface area contributed by atoms with Crippen LogP contribution in [0.4, 0.5) is 4.79 Å². The van der Waals surface area contributed by atoms with E-state index in [1.807, 2.05) is 0 Å². The Morgan fingerprint density at radius 3 is 2.47 bits per heavy atom. The molecule has 0 amide bonds. The topological polar surface area (TPSA) is 99.1 Å². The molecule has 0 aromatic carbocycles. The molecule has 0 aromatic rings. The highest BCUT2D eigenvalue weighted by molar-refractivity contribution is 5.72. The summed E-state index contributed by atoms with van der Waals surface area (Å²) in [6, 6.07) is 0. The molecule has 0 rings (SSSR count). The van der Waals surface area contributed by atoms with Crippen LogP contribution in [-0.2, 0) is 23.8 Å². The molecule has 0 aliphatic heterocycles. The second-order valence-electron chi connectivity index (χ2n) is 3.42. The summed E-state index contributed by atoms with van der Waals surface area (Å²) >= 11 is 0. The van der Waals surface area contributed by atoms with E-state index in [9.17, 15) is 14.4 Å². The Bertz CT molecular complexity index is 261. The molecule has 0 bridgehead atoms. The Labute approximate surface area is 98.6 Å². The molecule has 0 spiro atoms. The van der Waals surface area contributed by atoms with Gasteiger partial charge in [-0.3, -0.25) is 0 Å². The number of carbonyl (C=O) groups excluding carboxylic acids is 2. The minimum absolute atomic E-state index is 0.0292. The van der Waals surface area contributed by atoms with Gasteiger partial charge in [0.05, 0.1) is 6.10 Å². The van der Waals surface area contributed by atoms with Gasteiger partial charge >= 0.3 is 12.1 Å². The molecular formula is C10H16O7. The lowest BCUT2D eigenvalue weighted by molar-refractivity contribution is -0.159. The van der Waals surface area contributed by atoms with Crippen molar-refractivity contribution in [1.29, 1.82) is 0 Å². The third kappa shape index (κ3) is 8.21. The molecule has 0 saturated heterocycles. The molecule has 0 heterocycles. The third-order valence-electron chi connectivity index (χ3n) is 1.60. The molecule has 0 saturated carbocycles. The number of aldehydes is 1. The zero-order chi connectivity index (χ0) is 13.3. The van der Waals surface area contributed by atoms with Gasteiger partial charge in [-0.25, -0.2) is 9.59 Å². The smallest absolute Gasteiger partial charge is 0.479 e. The van der Waals surface area contributed by atoms with Crippen LogP contribution < -0.4 is 0 Å². The van der Waals surface area contributed by atoms with E-state index in [1.165, 1.54) is 0 Å². The molecule has 0 fully saturated rings. The average Bonchev–Trinajstić information content (AvgIpc) is 2.21. The fraction of sp³-hybridized carbons (Fsp3) is 0.700. The molecule has 0 aliphatic carbocycles. The number of hydrogen-bond donors (Lipinski definition) is 1. The predicted molar refractivity (Wildman–Crippen MR) is 55.4 cm³/mol. The van der Waals surface area contributed by atoms with Gasteiger partial charge in [0.1, 0.15) is 6.29 Å². The van der Waals surface area contributed by atoms with Crippen molar-refractivity contribution in [2.24, 2.45) is 0 Å². The zero-order valence-electron chi connectivity index (χ0n) is 9.75. The lowest BCUT2D eigenvalue weighted by Gasteiger charge is -2.13. The number of rotatable bonds is 8. The highest BCUT2D eigenvalue weighted by atomic mass is 16.8. The number of aliphatic carboxylic acids is 1. The fourth-order valence-corrected chi connectivity index (χ4v) is 0.888. The molecule has 7 nitrogen and oxygen atoms in total. The van der Waals surface area contributed by atoms with E-state index >= 15 is 0 Å². The van der Waals surface area contributed by atoms with E-state index in [4.69, 9.17) is 9.84 Å². The minimum atomic E-state index is -1.22. The number of carboxylic acids is 1. The molecule has 1 atom stereocenters. The van der Waals surface area contributed by atoms with E-state index in [2.05, 4.69) is 9.47 Å². The van der Waals surface area contributed by atoms with Crippen molar-refractivity contribution in [1.82, 2.24) is 0 Å². The van der Waals surface area contributed by atoms with Gasteiger partial charge < -0.3 is 24.1 Å². The average molecular weight is 248 g/mol. The number of carbonyl (C=O) groups is 3. The van der Waals surface area contributed by atoms with Gasteiger partial charge in [0.2, 0.25) is 0 Å². The van der Waals surface area contributed by atoms with Crippen molar-refractivity contribution in [3.05, 3.63) is 0 Å². The van der Waals surface area contributed by atoms with Crippen molar-refractivity contribution < 1.29 is 33.7 Å². The second-order valence-corrected chi connectivity index (χ2v) is 3.42. The van der Waals surface area contributed by atoms with Gasteiger partial charge in [-0.15, -0.1) is 0 Å². The molecule has 98 valence electrons. The largest absolute Gasteiger partial charge is 0.510 e. The van der Waals surface area contributed by atoms with E-state index in [0.717, 1.165) is 0 Å². The molecule has 0 aromatic heterocycles. The zero-order valence-corrected chi connectivity index (χ0v) is 9.75. The van der Waals surface area contributed by atoms with Crippen molar-refractivity contribution in [3.63, 3.8) is 0 Å². The predicted octanol–water partition coefficient (Wildman–Crippen LogP) is 0.954. The van der Waals surface area contributed by atoms with Crippen LogP contribution in [0.2, 0.25) is 0 Å². The first kappa shape index (κ1) is 15.4. The summed E-state index contributed by atoms with van der Waals surface area (Å²) in [5, 5.41) is 8.70. The molecule has 0 aliphatic rings. The molecule has 1 unspecified atom stereocenters. The lowest BCUT2D eigenvalue weighted by atomic mass is 10.2.